The molecule has 1 aliphatic rings. The van der Waals surface area contributed by atoms with Gasteiger partial charge in [-0.05, 0) is 37.1 Å². The van der Waals surface area contributed by atoms with Crippen LogP contribution in [-0.2, 0) is 4.79 Å². The van der Waals surface area contributed by atoms with Crippen molar-refractivity contribution in [1.29, 1.82) is 0 Å². The first-order valence-electron chi connectivity index (χ1n) is 7.37. The molecular formula is C16H16BrN3O3. The summed E-state index contributed by atoms with van der Waals surface area (Å²) in [6, 6.07) is 7.60. The maximum absolute atomic E-state index is 12.5. The van der Waals surface area contributed by atoms with Crippen LogP contribution in [0.1, 0.15) is 23.2 Å². The second-order valence-electron chi connectivity index (χ2n) is 5.58. The summed E-state index contributed by atoms with van der Waals surface area (Å²) in [6.45, 7) is 0.851. The van der Waals surface area contributed by atoms with Crippen LogP contribution in [0.15, 0.2) is 41.1 Å². The molecule has 0 bridgehead atoms. The number of rotatable bonds is 3. The molecular weight excluding hydrogens is 362 g/mol. The molecule has 23 heavy (non-hydrogen) atoms. The maximum Gasteiger partial charge on any atom is 0.308 e. The number of carbonyl (C=O) groups is 2. The Labute approximate surface area is 141 Å². The Morgan fingerprint density at radius 2 is 2.00 bits per heavy atom. The molecule has 1 atom stereocenters. The SMILES string of the molecule is O=C(O)[C@H]1CCCN(C(=O)c2cnn(-c3ccc(Br)cc3)c2)C1. The molecule has 0 radical (unpaired) electrons. The zero-order valence-electron chi connectivity index (χ0n) is 12.4. The quantitative estimate of drug-likeness (QED) is 0.891. The monoisotopic (exact) mass is 377 g/mol. The molecule has 0 spiro atoms. The van der Waals surface area contributed by atoms with Gasteiger partial charge in [0.15, 0.2) is 0 Å². The zero-order valence-corrected chi connectivity index (χ0v) is 13.9. The molecule has 1 aliphatic heterocycles. The van der Waals surface area contributed by atoms with Gasteiger partial charge in [0.2, 0.25) is 0 Å². The fourth-order valence-electron chi connectivity index (χ4n) is 2.71. The molecule has 2 heterocycles. The number of carboxylic acids is 1. The molecule has 0 saturated carbocycles. The minimum atomic E-state index is -0.840. The van der Waals surface area contributed by atoms with Gasteiger partial charge in [0, 0.05) is 23.8 Å². The first-order chi connectivity index (χ1) is 11.0. The molecule has 120 valence electrons. The van der Waals surface area contributed by atoms with Crippen molar-refractivity contribution < 1.29 is 14.7 Å². The van der Waals surface area contributed by atoms with Crippen molar-refractivity contribution in [3.05, 3.63) is 46.7 Å². The third-order valence-electron chi connectivity index (χ3n) is 3.98. The number of piperidine rings is 1. The fourth-order valence-corrected chi connectivity index (χ4v) is 2.98. The van der Waals surface area contributed by atoms with Crippen LogP contribution < -0.4 is 0 Å². The smallest absolute Gasteiger partial charge is 0.308 e. The first kappa shape index (κ1) is 15.7. The Morgan fingerprint density at radius 1 is 1.26 bits per heavy atom. The number of benzene rings is 1. The van der Waals surface area contributed by atoms with E-state index < -0.39 is 11.9 Å². The van der Waals surface area contributed by atoms with Gasteiger partial charge < -0.3 is 10.0 Å². The van der Waals surface area contributed by atoms with Gasteiger partial charge in [0.1, 0.15) is 0 Å². The van der Waals surface area contributed by atoms with E-state index in [2.05, 4.69) is 21.0 Å². The number of carbonyl (C=O) groups excluding carboxylic acids is 1. The second-order valence-corrected chi connectivity index (χ2v) is 6.49. The van der Waals surface area contributed by atoms with E-state index in [9.17, 15) is 9.59 Å². The van der Waals surface area contributed by atoms with Crippen molar-refractivity contribution >= 4 is 27.8 Å². The summed E-state index contributed by atoms with van der Waals surface area (Å²) in [4.78, 5) is 25.3. The highest BCUT2D eigenvalue weighted by Crippen LogP contribution is 2.19. The summed E-state index contributed by atoms with van der Waals surface area (Å²) in [7, 11) is 0. The van der Waals surface area contributed by atoms with Gasteiger partial charge in [-0.2, -0.15) is 5.10 Å². The number of amides is 1. The van der Waals surface area contributed by atoms with Crippen LogP contribution in [-0.4, -0.2) is 44.8 Å². The molecule has 7 heteroatoms. The van der Waals surface area contributed by atoms with E-state index >= 15 is 0 Å². The van der Waals surface area contributed by atoms with Crippen molar-refractivity contribution in [3.63, 3.8) is 0 Å². The summed E-state index contributed by atoms with van der Waals surface area (Å²) in [5.74, 6) is -1.48. The number of halogens is 1. The molecule has 3 rings (SSSR count). The van der Waals surface area contributed by atoms with Crippen LogP contribution in [0.5, 0.6) is 0 Å². The van der Waals surface area contributed by atoms with Gasteiger partial charge in [-0.1, -0.05) is 15.9 Å². The topological polar surface area (TPSA) is 75.4 Å². The highest BCUT2D eigenvalue weighted by molar-refractivity contribution is 9.10. The van der Waals surface area contributed by atoms with E-state index in [1.165, 1.54) is 6.20 Å². The number of aromatic nitrogens is 2. The number of hydrogen-bond acceptors (Lipinski definition) is 3. The number of nitrogens with zero attached hydrogens (tertiary/aromatic N) is 3. The molecule has 1 saturated heterocycles. The molecule has 0 unspecified atom stereocenters. The minimum absolute atomic E-state index is 0.167. The number of hydrogen-bond donors (Lipinski definition) is 1. The van der Waals surface area contributed by atoms with Crippen LogP contribution in [0.25, 0.3) is 5.69 Å². The van der Waals surface area contributed by atoms with Crippen molar-refractivity contribution in [2.24, 2.45) is 5.92 Å². The minimum Gasteiger partial charge on any atom is -0.481 e. The molecule has 0 aliphatic carbocycles. The van der Waals surface area contributed by atoms with E-state index in [1.807, 2.05) is 24.3 Å². The van der Waals surface area contributed by atoms with Crippen molar-refractivity contribution in [1.82, 2.24) is 14.7 Å². The first-order valence-corrected chi connectivity index (χ1v) is 8.16. The fraction of sp³-hybridized carbons (Fsp3) is 0.312. The van der Waals surface area contributed by atoms with Crippen LogP contribution in [0.3, 0.4) is 0 Å². The van der Waals surface area contributed by atoms with E-state index in [4.69, 9.17) is 5.11 Å². The third kappa shape index (κ3) is 3.44. The average Bonchev–Trinajstić information content (AvgIpc) is 3.05. The summed E-state index contributed by atoms with van der Waals surface area (Å²) in [6.07, 6.45) is 4.53. The maximum atomic E-state index is 12.5. The van der Waals surface area contributed by atoms with Crippen molar-refractivity contribution in [2.45, 2.75) is 12.8 Å². The number of aliphatic carboxylic acids is 1. The second kappa shape index (κ2) is 6.54. The van der Waals surface area contributed by atoms with Gasteiger partial charge in [-0.25, -0.2) is 4.68 Å². The normalized spacial score (nSPS) is 18.0. The van der Waals surface area contributed by atoms with E-state index in [-0.39, 0.29) is 12.5 Å². The Hall–Kier alpha value is -2.15. The highest BCUT2D eigenvalue weighted by atomic mass is 79.9. The summed E-state index contributed by atoms with van der Waals surface area (Å²) in [5.41, 5.74) is 1.33. The van der Waals surface area contributed by atoms with Gasteiger partial charge in [-0.15, -0.1) is 0 Å². The highest BCUT2D eigenvalue weighted by Gasteiger charge is 2.29. The van der Waals surface area contributed by atoms with Crippen LogP contribution in [0.4, 0.5) is 0 Å². The van der Waals surface area contributed by atoms with Gasteiger partial charge >= 0.3 is 5.97 Å². The van der Waals surface area contributed by atoms with Crippen LogP contribution in [0, 0.1) is 5.92 Å². The van der Waals surface area contributed by atoms with Crippen molar-refractivity contribution in [3.8, 4) is 5.69 Å². The Bertz CT molecular complexity index is 726. The lowest BCUT2D eigenvalue weighted by Crippen LogP contribution is -2.42. The molecule has 1 aromatic carbocycles. The molecule has 1 amide bonds. The summed E-state index contributed by atoms with van der Waals surface area (Å²) in [5, 5.41) is 13.3. The molecule has 2 aromatic rings. The predicted molar refractivity (Wildman–Crippen MR) is 87.5 cm³/mol. The summed E-state index contributed by atoms with van der Waals surface area (Å²) >= 11 is 3.38. The van der Waals surface area contributed by atoms with Gasteiger partial charge in [0.25, 0.3) is 5.91 Å². The largest absolute Gasteiger partial charge is 0.481 e. The van der Waals surface area contributed by atoms with Crippen LogP contribution in [0.2, 0.25) is 0 Å². The third-order valence-corrected chi connectivity index (χ3v) is 4.51. The lowest BCUT2D eigenvalue weighted by Gasteiger charge is -2.30. The Kier molecular flexibility index (Phi) is 4.47. The lowest BCUT2D eigenvalue weighted by molar-refractivity contribution is -0.143. The standard InChI is InChI=1S/C16H16BrN3O3/c17-13-3-5-14(6-4-13)20-10-12(8-18-20)15(21)19-7-1-2-11(9-19)16(22)23/h3-6,8,10-11H,1-2,7,9H2,(H,22,23)/t11-/m0/s1. The predicted octanol–water partition coefficient (Wildman–Crippen LogP) is 2.57. The van der Waals surface area contributed by atoms with E-state index in [0.29, 0.717) is 24.9 Å². The number of likely N-dealkylation sites (tertiary alicyclic amines) is 1. The molecule has 1 N–H and O–H groups in total. The molecule has 6 nitrogen and oxygen atoms in total. The van der Waals surface area contributed by atoms with E-state index in [1.54, 1.807) is 15.8 Å². The van der Waals surface area contributed by atoms with Crippen molar-refractivity contribution in [2.75, 3.05) is 13.1 Å². The molecule has 1 aromatic heterocycles. The zero-order chi connectivity index (χ0) is 16.4. The summed E-state index contributed by atoms with van der Waals surface area (Å²) < 4.78 is 2.61. The molecule has 1 fully saturated rings. The Morgan fingerprint density at radius 3 is 2.70 bits per heavy atom. The number of carboxylic acid groups (broad SMARTS) is 1. The lowest BCUT2D eigenvalue weighted by atomic mass is 9.98. The van der Waals surface area contributed by atoms with Gasteiger partial charge in [-0.3, -0.25) is 9.59 Å². The van der Waals surface area contributed by atoms with E-state index in [0.717, 1.165) is 10.2 Å². The Balaban J connectivity index is 1.75. The average molecular weight is 378 g/mol. The van der Waals surface area contributed by atoms with Gasteiger partial charge in [0.05, 0.1) is 23.4 Å². The van der Waals surface area contributed by atoms with Crippen LogP contribution >= 0.6 is 15.9 Å².